The van der Waals surface area contributed by atoms with Crippen LogP contribution in [-0.2, 0) is 0 Å². The number of aromatic nitrogens is 4. The first-order valence-electron chi connectivity index (χ1n) is 4.83. The monoisotopic (exact) mass is 198 g/mol. The number of fused-ring (bicyclic) bond motifs is 3. The van der Waals surface area contributed by atoms with Gasteiger partial charge in [0.2, 0.25) is 0 Å². The zero-order valence-corrected chi connectivity index (χ0v) is 8.57. The van der Waals surface area contributed by atoms with Crippen molar-refractivity contribution in [1.82, 2.24) is 20.4 Å². The second-order valence-corrected chi connectivity index (χ2v) is 3.73. The number of rotatable bonds is 0. The maximum absolute atomic E-state index is 4.48. The molecular formula is C11H10N4. The summed E-state index contributed by atoms with van der Waals surface area (Å²) in [4.78, 5) is 4.48. The zero-order valence-electron chi connectivity index (χ0n) is 8.57. The number of benzene rings is 1. The van der Waals surface area contributed by atoms with Crippen LogP contribution in [0.15, 0.2) is 18.2 Å². The third kappa shape index (κ3) is 1.11. The molecule has 3 rings (SSSR count). The van der Waals surface area contributed by atoms with E-state index in [9.17, 15) is 0 Å². The minimum absolute atomic E-state index is 0.885. The highest BCUT2D eigenvalue weighted by Crippen LogP contribution is 2.24. The quantitative estimate of drug-likeness (QED) is 0.602. The molecule has 4 nitrogen and oxygen atoms in total. The van der Waals surface area contributed by atoms with Crippen LogP contribution in [0.1, 0.15) is 11.3 Å². The van der Waals surface area contributed by atoms with Gasteiger partial charge < -0.3 is 0 Å². The summed E-state index contributed by atoms with van der Waals surface area (Å²) in [5, 5.41) is 12.0. The van der Waals surface area contributed by atoms with Crippen LogP contribution in [0.4, 0.5) is 0 Å². The van der Waals surface area contributed by atoms with Gasteiger partial charge in [-0.3, -0.25) is 4.98 Å². The summed E-state index contributed by atoms with van der Waals surface area (Å²) in [5.74, 6) is 0. The van der Waals surface area contributed by atoms with Crippen molar-refractivity contribution in [2.75, 3.05) is 0 Å². The SMILES string of the molecule is Cc1cc(C)c2c(ccc3n[nH]nc32)n1. The Labute approximate surface area is 86.3 Å². The fraction of sp³-hybridized carbons (Fsp3) is 0.182. The van der Waals surface area contributed by atoms with Gasteiger partial charge in [-0.25, -0.2) is 0 Å². The van der Waals surface area contributed by atoms with Crippen molar-refractivity contribution < 1.29 is 0 Å². The molecule has 2 aromatic heterocycles. The van der Waals surface area contributed by atoms with E-state index in [0.717, 1.165) is 27.6 Å². The molecule has 74 valence electrons. The third-order valence-electron chi connectivity index (χ3n) is 2.58. The molecule has 0 atom stereocenters. The Bertz CT molecular complexity index is 654. The van der Waals surface area contributed by atoms with Crippen LogP contribution in [0.2, 0.25) is 0 Å². The Morgan fingerprint density at radius 3 is 2.73 bits per heavy atom. The molecule has 2 heterocycles. The normalized spacial score (nSPS) is 11.3. The summed E-state index contributed by atoms with van der Waals surface area (Å²) in [6, 6.07) is 5.99. The van der Waals surface area contributed by atoms with E-state index < -0.39 is 0 Å². The van der Waals surface area contributed by atoms with Crippen molar-refractivity contribution in [3.63, 3.8) is 0 Å². The van der Waals surface area contributed by atoms with E-state index in [0.29, 0.717) is 0 Å². The molecule has 0 fully saturated rings. The first-order valence-corrected chi connectivity index (χ1v) is 4.83. The van der Waals surface area contributed by atoms with Crippen LogP contribution in [0.5, 0.6) is 0 Å². The summed E-state index contributed by atoms with van der Waals surface area (Å²) in [5.41, 5.74) is 4.99. The Hall–Kier alpha value is -1.97. The van der Waals surface area contributed by atoms with E-state index in [2.05, 4.69) is 33.4 Å². The predicted octanol–water partition coefficient (Wildman–Crippen LogP) is 2.12. The molecule has 0 amide bonds. The van der Waals surface area contributed by atoms with E-state index in [1.807, 2.05) is 19.1 Å². The summed E-state index contributed by atoms with van der Waals surface area (Å²) in [6.07, 6.45) is 0. The Morgan fingerprint density at radius 1 is 1.07 bits per heavy atom. The highest BCUT2D eigenvalue weighted by Gasteiger charge is 2.07. The van der Waals surface area contributed by atoms with Crippen molar-refractivity contribution in [2.24, 2.45) is 0 Å². The maximum Gasteiger partial charge on any atom is 0.122 e. The lowest BCUT2D eigenvalue weighted by Gasteiger charge is -2.03. The molecule has 0 unspecified atom stereocenters. The largest absolute Gasteiger partial charge is 0.253 e. The minimum atomic E-state index is 0.885. The van der Waals surface area contributed by atoms with E-state index in [-0.39, 0.29) is 0 Å². The van der Waals surface area contributed by atoms with Crippen LogP contribution in [0.3, 0.4) is 0 Å². The number of aromatic amines is 1. The zero-order chi connectivity index (χ0) is 10.4. The van der Waals surface area contributed by atoms with Gasteiger partial charge in [0.25, 0.3) is 0 Å². The molecule has 0 radical (unpaired) electrons. The summed E-state index contributed by atoms with van der Waals surface area (Å²) >= 11 is 0. The number of hydrogen-bond donors (Lipinski definition) is 1. The molecule has 0 aliphatic carbocycles. The summed E-state index contributed by atoms with van der Waals surface area (Å²) < 4.78 is 0. The molecule has 15 heavy (non-hydrogen) atoms. The lowest BCUT2D eigenvalue weighted by atomic mass is 10.1. The lowest BCUT2D eigenvalue weighted by molar-refractivity contribution is 0.960. The molecule has 0 saturated carbocycles. The van der Waals surface area contributed by atoms with E-state index in [1.54, 1.807) is 0 Å². The summed E-state index contributed by atoms with van der Waals surface area (Å²) in [6.45, 7) is 4.07. The number of nitrogens with zero attached hydrogens (tertiary/aromatic N) is 3. The van der Waals surface area contributed by atoms with Crippen LogP contribution < -0.4 is 0 Å². The molecule has 1 aromatic carbocycles. The fourth-order valence-corrected chi connectivity index (χ4v) is 1.99. The van der Waals surface area contributed by atoms with Gasteiger partial charge in [-0.15, -0.1) is 0 Å². The topological polar surface area (TPSA) is 54.5 Å². The van der Waals surface area contributed by atoms with Crippen molar-refractivity contribution >= 4 is 21.9 Å². The van der Waals surface area contributed by atoms with Gasteiger partial charge in [-0.05, 0) is 37.6 Å². The number of pyridine rings is 1. The van der Waals surface area contributed by atoms with E-state index in [4.69, 9.17) is 0 Å². The Balaban J connectivity index is 2.62. The molecule has 4 heteroatoms. The number of aryl methyl sites for hydroxylation is 2. The van der Waals surface area contributed by atoms with Crippen molar-refractivity contribution in [3.8, 4) is 0 Å². The van der Waals surface area contributed by atoms with E-state index >= 15 is 0 Å². The molecule has 3 aromatic rings. The lowest BCUT2D eigenvalue weighted by Crippen LogP contribution is -1.88. The molecule has 0 bridgehead atoms. The van der Waals surface area contributed by atoms with Gasteiger partial charge in [-0.1, -0.05) is 0 Å². The van der Waals surface area contributed by atoms with Gasteiger partial charge in [-0.2, -0.15) is 15.4 Å². The smallest absolute Gasteiger partial charge is 0.122 e. The Morgan fingerprint density at radius 2 is 1.87 bits per heavy atom. The highest BCUT2D eigenvalue weighted by atomic mass is 15.3. The van der Waals surface area contributed by atoms with Gasteiger partial charge >= 0.3 is 0 Å². The molecule has 0 saturated heterocycles. The Kier molecular flexibility index (Phi) is 1.54. The molecule has 1 N–H and O–H groups in total. The summed E-state index contributed by atoms with van der Waals surface area (Å²) in [7, 11) is 0. The average molecular weight is 198 g/mol. The first-order chi connectivity index (χ1) is 7.25. The molecule has 0 spiro atoms. The van der Waals surface area contributed by atoms with Crippen molar-refractivity contribution in [1.29, 1.82) is 0 Å². The van der Waals surface area contributed by atoms with Crippen molar-refractivity contribution in [3.05, 3.63) is 29.5 Å². The fourth-order valence-electron chi connectivity index (χ4n) is 1.99. The van der Waals surface area contributed by atoms with Crippen LogP contribution in [-0.4, -0.2) is 20.4 Å². The molecule has 0 aliphatic heterocycles. The predicted molar refractivity (Wildman–Crippen MR) is 58.7 cm³/mol. The maximum atomic E-state index is 4.48. The van der Waals surface area contributed by atoms with Crippen LogP contribution in [0, 0.1) is 13.8 Å². The van der Waals surface area contributed by atoms with Gasteiger partial charge in [0.1, 0.15) is 11.0 Å². The molecule has 0 aliphatic rings. The van der Waals surface area contributed by atoms with Gasteiger partial charge in [0.15, 0.2) is 0 Å². The van der Waals surface area contributed by atoms with Crippen LogP contribution >= 0.6 is 0 Å². The highest BCUT2D eigenvalue weighted by molar-refractivity contribution is 6.03. The minimum Gasteiger partial charge on any atom is -0.253 e. The average Bonchev–Trinajstić information content (AvgIpc) is 2.63. The second kappa shape index (κ2) is 2.76. The van der Waals surface area contributed by atoms with Gasteiger partial charge in [0, 0.05) is 11.1 Å². The van der Waals surface area contributed by atoms with E-state index in [1.165, 1.54) is 5.56 Å². The number of H-pyrrole nitrogens is 1. The standard InChI is InChI=1S/C11H10N4/c1-6-5-7(2)12-8-3-4-9-11(10(6)8)14-15-13-9/h3-5H,1-2H3,(H,13,14,15). The van der Waals surface area contributed by atoms with Gasteiger partial charge in [0.05, 0.1) is 5.52 Å². The first kappa shape index (κ1) is 8.35. The van der Waals surface area contributed by atoms with Crippen molar-refractivity contribution in [2.45, 2.75) is 13.8 Å². The number of nitrogens with one attached hydrogen (secondary N) is 1. The third-order valence-corrected chi connectivity index (χ3v) is 2.58. The molecular weight excluding hydrogens is 188 g/mol. The second-order valence-electron chi connectivity index (χ2n) is 3.73. The number of hydrogen-bond acceptors (Lipinski definition) is 3. The van der Waals surface area contributed by atoms with Crippen LogP contribution in [0.25, 0.3) is 21.9 Å².